The number of benzene rings is 1. The SMILES string of the molecule is Cc1ccc(/C(N)=N/O)c(-n2cc([N+](=O)[O-])cn2)c1. The number of nitro groups is 1. The average molecular weight is 261 g/mol. The zero-order valence-corrected chi connectivity index (χ0v) is 10.0. The molecule has 3 N–H and O–H groups in total. The molecule has 1 heterocycles. The van der Waals surface area contributed by atoms with Crippen molar-refractivity contribution >= 4 is 11.5 Å². The Kier molecular flexibility index (Phi) is 3.15. The minimum atomic E-state index is -0.539. The lowest BCUT2D eigenvalue weighted by Gasteiger charge is -2.08. The van der Waals surface area contributed by atoms with Crippen LogP contribution in [0.15, 0.2) is 35.7 Å². The molecule has 0 aliphatic rings. The Morgan fingerprint density at radius 3 is 2.89 bits per heavy atom. The fraction of sp³-hybridized carbons (Fsp3) is 0.0909. The Bertz CT molecular complexity index is 662. The number of hydrogen-bond donors (Lipinski definition) is 2. The van der Waals surface area contributed by atoms with Gasteiger partial charge in [0, 0.05) is 5.56 Å². The van der Waals surface area contributed by atoms with Crippen molar-refractivity contribution in [2.75, 3.05) is 0 Å². The van der Waals surface area contributed by atoms with Gasteiger partial charge in [0.05, 0.1) is 10.6 Å². The van der Waals surface area contributed by atoms with Crippen LogP contribution in [-0.2, 0) is 0 Å². The molecule has 0 radical (unpaired) electrons. The topological polar surface area (TPSA) is 120 Å². The van der Waals surface area contributed by atoms with E-state index < -0.39 is 4.92 Å². The lowest BCUT2D eigenvalue weighted by atomic mass is 10.1. The molecule has 1 aromatic carbocycles. The number of amidine groups is 1. The quantitative estimate of drug-likeness (QED) is 0.282. The van der Waals surface area contributed by atoms with Crippen LogP contribution >= 0.6 is 0 Å². The first kappa shape index (κ1) is 12.6. The second kappa shape index (κ2) is 4.77. The van der Waals surface area contributed by atoms with E-state index in [1.807, 2.05) is 6.92 Å². The van der Waals surface area contributed by atoms with Crippen molar-refractivity contribution in [2.45, 2.75) is 6.92 Å². The predicted molar refractivity (Wildman–Crippen MR) is 67.5 cm³/mol. The standard InChI is InChI=1S/C11H11N5O3/c1-7-2-3-9(11(12)14-17)10(4-7)15-6-8(5-13-15)16(18)19/h2-6,17H,1H3,(H2,12,14). The molecule has 8 nitrogen and oxygen atoms in total. The van der Waals surface area contributed by atoms with E-state index in [2.05, 4.69) is 10.3 Å². The van der Waals surface area contributed by atoms with Gasteiger partial charge in [0.25, 0.3) is 0 Å². The Morgan fingerprint density at radius 1 is 1.58 bits per heavy atom. The Labute approximate surface area is 107 Å². The van der Waals surface area contributed by atoms with Crippen LogP contribution in [-0.4, -0.2) is 25.7 Å². The molecule has 98 valence electrons. The van der Waals surface area contributed by atoms with Crippen LogP contribution in [0.5, 0.6) is 0 Å². The van der Waals surface area contributed by atoms with E-state index in [1.165, 1.54) is 10.9 Å². The number of aromatic nitrogens is 2. The largest absolute Gasteiger partial charge is 0.409 e. The summed E-state index contributed by atoms with van der Waals surface area (Å²) in [5.41, 5.74) is 7.30. The minimum absolute atomic E-state index is 0.0897. The van der Waals surface area contributed by atoms with Gasteiger partial charge in [0.1, 0.15) is 12.4 Å². The highest BCUT2D eigenvalue weighted by Crippen LogP contribution is 2.19. The molecular weight excluding hydrogens is 250 g/mol. The van der Waals surface area contributed by atoms with E-state index in [4.69, 9.17) is 10.9 Å². The first-order valence-electron chi connectivity index (χ1n) is 5.31. The van der Waals surface area contributed by atoms with Gasteiger partial charge in [-0.2, -0.15) is 5.10 Å². The molecule has 0 atom stereocenters. The highest BCUT2D eigenvalue weighted by Gasteiger charge is 2.14. The third kappa shape index (κ3) is 2.37. The number of hydrogen-bond acceptors (Lipinski definition) is 5. The zero-order valence-electron chi connectivity index (χ0n) is 10.0. The summed E-state index contributed by atoms with van der Waals surface area (Å²) in [5.74, 6) is -0.0897. The number of rotatable bonds is 3. The summed E-state index contributed by atoms with van der Waals surface area (Å²) in [6, 6.07) is 5.19. The Morgan fingerprint density at radius 2 is 2.32 bits per heavy atom. The summed E-state index contributed by atoms with van der Waals surface area (Å²) >= 11 is 0. The molecule has 19 heavy (non-hydrogen) atoms. The van der Waals surface area contributed by atoms with Crippen LogP contribution in [0.3, 0.4) is 0 Å². The first-order valence-corrected chi connectivity index (χ1v) is 5.31. The van der Waals surface area contributed by atoms with Gasteiger partial charge in [-0.25, -0.2) is 4.68 Å². The van der Waals surface area contributed by atoms with Gasteiger partial charge in [-0.3, -0.25) is 10.1 Å². The highest BCUT2D eigenvalue weighted by atomic mass is 16.6. The normalized spacial score (nSPS) is 11.5. The Balaban J connectivity index is 2.59. The van der Waals surface area contributed by atoms with Gasteiger partial charge in [0.2, 0.25) is 0 Å². The molecule has 0 aliphatic heterocycles. The monoisotopic (exact) mass is 261 g/mol. The van der Waals surface area contributed by atoms with Gasteiger partial charge in [-0.05, 0) is 24.6 Å². The maximum Gasteiger partial charge on any atom is 0.307 e. The molecule has 0 amide bonds. The fourth-order valence-corrected chi connectivity index (χ4v) is 1.64. The van der Waals surface area contributed by atoms with Crippen molar-refractivity contribution in [3.05, 3.63) is 51.8 Å². The van der Waals surface area contributed by atoms with Crippen molar-refractivity contribution in [3.8, 4) is 5.69 Å². The van der Waals surface area contributed by atoms with E-state index in [0.29, 0.717) is 11.3 Å². The van der Waals surface area contributed by atoms with Crippen molar-refractivity contribution in [1.29, 1.82) is 0 Å². The van der Waals surface area contributed by atoms with Crippen LogP contribution in [0.4, 0.5) is 5.69 Å². The lowest BCUT2D eigenvalue weighted by molar-refractivity contribution is -0.384. The van der Waals surface area contributed by atoms with Gasteiger partial charge in [0.15, 0.2) is 5.84 Å². The van der Waals surface area contributed by atoms with Crippen molar-refractivity contribution < 1.29 is 10.1 Å². The molecule has 0 unspecified atom stereocenters. The van der Waals surface area contributed by atoms with Crippen molar-refractivity contribution in [1.82, 2.24) is 9.78 Å². The second-order valence-electron chi connectivity index (χ2n) is 3.91. The highest BCUT2D eigenvalue weighted by molar-refractivity contribution is 6.00. The number of aryl methyl sites for hydroxylation is 1. The van der Waals surface area contributed by atoms with Crippen LogP contribution in [0.1, 0.15) is 11.1 Å². The molecular formula is C11H11N5O3. The molecule has 1 aromatic heterocycles. The zero-order chi connectivity index (χ0) is 14.0. The predicted octanol–water partition coefficient (Wildman–Crippen LogP) is 1.18. The molecule has 8 heteroatoms. The number of nitrogens with zero attached hydrogens (tertiary/aromatic N) is 4. The Hall–Kier alpha value is -2.90. The van der Waals surface area contributed by atoms with E-state index >= 15 is 0 Å². The van der Waals surface area contributed by atoms with Crippen molar-refractivity contribution in [2.24, 2.45) is 10.9 Å². The summed E-state index contributed by atoms with van der Waals surface area (Å²) in [6.07, 6.45) is 2.40. The van der Waals surface area contributed by atoms with E-state index in [9.17, 15) is 10.1 Å². The second-order valence-corrected chi connectivity index (χ2v) is 3.91. The molecule has 0 saturated carbocycles. The number of oxime groups is 1. The molecule has 0 saturated heterocycles. The summed E-state index contributed by atoms with van der Waals surface area (Å²) in [4.78, 5) is 10.1. The summed E-state index contributed by atoms with van der Waals surface area (Å²) < 4.78 is 1.32. The third-order valence-electron chi connectivity index (χ3n) is 2.56. The van der Waals surface area contributed by atoms with Gasteiger partial charge < -0.3 is 10.9 Å². The molecule has 2 rings (SSSR count). The minimum Gasteiger partial charge on any atom is -0.409 e. The maximum absolute atomic E-state index is 10.7. The number of nitrogens with two attached hydrogens (primary N) is 1. The summed E-state index contributed by atoms with van der Waals surface area (Å²) in [6.45, 7) is 1.86. The fourth-order valence-electron chi connectivity index (χ4n) is 1.64. The van der Waals surface area contributed by atoms with Crippen LogP contribution in [0.2, 0.25) is 0 Å². The maximum atomic E-state index is 10.7. The van der Waals surface area contributed by atoms with E-state index in [1.54, 1.807) is 18.2 Å². The van der Waals surface area contributed by atoms with Gasteiger partial charge in [-0.1, -0.05) is 11.2 Å². The van der Waals surface area contributed by atoms with Gasteiger partial charge >= 0.3 is 5.69 Å². The molecule has 0 bridgehead atoms. The summed E-state index contributed by atoms with van der Waals surface area (Å²) in [5, 5.41) is 26.2. The van der Waals surface area contributed by atoms with Gasteiger partial charge in [-0.15, -0.1) is 0 Å². The molecule has 0 aliphatic carbocycles. The van der Waals surface area contributed by atoms with E-state index in [0.717, 1.165) is 11.8 Å². The molecule has 2 aromatic rings. The van der Waals surface area contributed by atoms with Crippen LogP contribution < -0.4 is 5.73 Å². The van der Waals surface area contributed by atoms with Crippen LogP contribution in [0.25, 0.3) is 5.69 Å². The lowest BCUT2D eigenvalue weighted by Crippen LogP contribution is -2.16. The third-order valence-corrected chi connectivity index (χ3v) is 2.56. The summed E-state index contributed by atoms with van der Waals surface area (Å²) in [7, 11) is 0. The molecule has 0 fully saturated rings. The molecule has 0 spiro atoms. The first-order chi connectivity index (χ1) is 9.02. The van der Waals surface area contributed by atoms with Crippen molar-refractivity contribution in [3.63, 3.8) is 0 Å². The smallest absolute Gasteiger partial charge is 0.307 e. The average Bonchev–Trinajstić information content (AvgIpc) is 2.87. The van der Waals surface area contributed by atoms with Crippen LogP contribution in [0, 0.1) is 17.0 Å². The van der Waals surface area contributed by atoms with E-state index in [-0.39, 0.29) is 11.5 Å².